The van der Waals surface area contributed by atoms with Crippen LogP contribution < -0.4 is 19.1 Å². The monoisotopic (exact) mass is 557 g/mol. The number of benzene rings is 3. The molecule has 35 heavy (non-hydrogen) atoms. The van der Waals surface area contributed by atoms with Gasteiger partial charge in [-0.1, -0.05) is 29.3 Å². The Kier molecular flexibility index (Phi) is 8.16. The lowest BCUT2D eigenvalue weighted by molar-refractivity contribution is -0.114. The van der Waals surface area contributed by atoms with Crippen LogP contribution in [-0.4, -0.2) is 42.7 Å². The highest BCUT2D eigenvalue weighted by Crippen LogP contribution is 2.31. The number of ether oxygens (including phenoxy) is 1. The maximum atomic E-state index is 12.7. The zero-order chi connectivity index (χ0) is 25.8. The molecule has 0 unspecified atom stereocenters. The van der Waals surface area contributed by atoms with E-state index in [2.05, 4.69) is 10.0 Å². The molecule has 0 aromatic heterocycles. The molecule has 0 bridgehead atoms. The first kappa shape index (κ1) is 26.6. The van der Waals surface area contributed by atoms with Crippen LogP contribution in [0.3, 0.4) is 0 Å². The van der Waals surface area contributed by atoms with Gasteiger partial charge >= 0.3 is 0 Å². The second-order valence-electron chi connectivity index (χ2n) is 7.25. The van der Waals surface area contributed by atoms with E-state index in [1.807, 2.05) is 0 Å². The van der Waals surface area contributed by atoms with Crippen molar-refractivity contribution in [2.24, 2.45) is 0 Å². The Bertz CT molecular complexity index is 1430. The number of carbonyl (C=O) groups excluding carboxylic acids is 1. The van der Waals surface area contributed by atoms with Gasteiger partial charge in [-0.2, -0.15) is 0 Å². The van der Waals surface area contributed by atoms with Crippen LogP contribution in [0.25, 0.3) is 0 Å². The lowest BCUT2D eigenvalue weighted by Crippen LogP contribution is -2.37. The minimum atomic E-state index is -3.98. The molecule has 3 rings (SSSR count). The van der Waals surface area contributed by atoms with Crippen molar-refractivity contribution in [2.75, 3.05) is 34.3 Å². The van der Waals surface area contributed by atoms with Gasteiger partial charge in [0.15, 0.2) is 0 Å². The van der Waals surface area contributed by atoms with Gasteiger partial charge in [-0.05, 0) is 60.7 Å². The summed E-state index contributed by atoms with van der Waals surface area (Å²) in [6.45, 7) is -0.486. The molecule has 9 nitrogen and oxygen atoms in total. The van der Waals surface area contributed by atoms with Crippen LogP contribution in [0, 0.1) is 0 Å². The number of amides is 1. The minimum absolute atomic E-state index is 0.0638. The Morgan fingerprint density at radius 2 is 1.57 bits per heavy atom. The van der Waals surface area contributed by atoms with E-state index in [9.17, 15) is 21.6 Å². The predicted molar refractivity (Wildman–Crippen MR) is 138 cm³/mol. The average Bonchev–Trinajstić information content (AvgIpc) is 2.80. The average molecular weight is 558 g/mol. The number of methoxy groups -OCH3 is 1. The molecule has 0 aliphatic rings. The number of nitrogens with one attached hydrogen (secondary N) is 2. The van der Waals surface area contributed by atoms with E-state index in [4.69, 9.17) is 27.9 Å². The summed E-state index contributed by atoms with van der Waals surface area (Å²) >= 11 is 12.0. The maximum absolute atomic E-state index is 12.7. The fraction of sp³-hybridized carbons (Fsp3) is 0.136. The summed E-state index contributed by atoms with van der Waals surface area (Å²) in [5.41, 5.74) is 0.685. The predicted octanol–water partition coefficient (Wildman–Crippen LogP) is 4.21. The van der Waals surface area contributed by atoms with Gasteiger partial charge in [0.2, 0.25) is 15.9 Å². The van der Waals surface area contributed by atoms with Crippen molar-refractivity contribution < 1.29 is 26.4 Å². The molecule has 0 radical (unpaired) electrons. The molecular weight excluding hydrogens is 537 g/mol. The Labute approximate surface area is 213 Å². The molecule has 0 saturated carbocycles. The van der Waals surface area contributed by atoms with Crippen LogP contribution in [0.2, 0.25) is 10.0 Å². The smallest absolute Gasteiger partial charge is 0.261 e. The first-order valence-corrected chi connectivity index (χ1v) is 14.0. The Hall–Kier alpha value is -2.99. The summed E-state index contributed by atoms with van der Waals surface area (Å²) in [4.78, 5) is 12.5. The van der Waals surface area contributed by atoms with Crippen molar-refractivity contribution in [3.8, 4) is 5.75 Å². The second-order valence-corrected chi connectivity index (χ2v) is 11.6. The SMILES string of the molecule is COc1ccc(N(CC(=O)Nc2ccc(S(=O)(=O)Nc3cccc(Cl)c3Cl)cc2)S(C)(=O)=O)cc1. The largest absolute Gasteiger partial charge is 0.497 e. The zero-order valence-electron chi connectivity index (χ0n) is 18.5. The summed E-state index contributed by atoms with van der Waals surface area (Å²) in [6.07, 6.45) is 0.989. The van der Waals surface area contributed by atoms with E-state index < -0.39 is 32.5 Å². The van der Waals surface area contributed by atoms with Crippen molar-refractivity contribution in [3.05, 3.63) is 76.8 Å². The number of hydrogen-bond donors (Lipinski definition) is 2. The molecule has 0 atom stereocenters. The van der Waals surface area contributed by atoms with Gasteiger partial charge < -0.3 is 10.1 Å². The molecule has 0 spiro atoms. The molecule has 2 N–H and O–H groups in total. The number of halogens is 2. The minimum Gasteiger partial charge on any atom is -0.497 e. The molecule has 0 aliphatic carbocycles. The third kappa shape index (κ3) is 6.79. The molecule has 0 heterocycles. The molecule has 3 aromatic carbocycles. The number of anilines is 3. The molecule has 13 heteroatoms. The van der Waals surface area contributed by atoms with Gasteiger partial charge in [0.05, 0.1) is 39.7 Å². The third-order valence-electron chi connectivity index (χ3n) is 4.69. The van der Waals surface area contributed by atoms with Gasteiger partial charge in [-0.3, -0.25) is 13.8 Å². The number of rotatable bonds is 9. The van der Waals surface area contributed by atoms with Crippen LogP contribution in [0.15, 0.2) is 71.6 Å². The fourth-order valence-electron chi connectivity index (χ4n) is 2.98. The lowest BCUT2D eigenvalue weighted by atomic mass is 10.3. The van der Waals surface area contributed by atoms with Crippen LogP contribution >= 0.6 is 23.2 Å². The summed E-state index contributed by atoms with van der Waals surface area (Å²) in [7, 11) is -6.26. The quantitative estimate of drug-likeness (QED) is 0.406. The zero-order valence-corrected chi connectivity index (χ0v) is 21.7. The molecule has 0 saturated heterocycles. The highest BCUT2D eigenvalue weighted by atomic mass is 35.5. The number of hydrogen-bond acceptors (Lipinski definition) is 6. The summed E-state index contributed by atoms with van der Waals surface area (Å²) < 4.78 is 58.2. The number of carbonyl (C=O) groups is 1. The number of sulfonamides is 2. The fourth-order valence-corrected chi connectivity index (χ4v) is 5.32. The van der Waals surface area contributed by atoms with Gasteiger partial charge in [-0.25, -0.2) is 16.8 Å². The highest BCUT2D eigenvalue weighted by molar-refractivity contribution is 7.92. The van der Waals surface area contributed by atoms with E-state index in [0.717, 1.165) is 10.6 Å². The Morgan fingerprint density at radius 1 is 0.943 bits per heavy atom. The van der Waals surface area contributed by atoms with Crippen molar-refractivity contribution in [2.45, 2.75) is 4.90 Å². The molecular formula is C22H21Cl2N3O6S2. The molecule has 186 valence electrons. The van der Waals surface area contributed by atoms with E-state index in [-0.39, 0.29) is 32.0 Å². The van der Waals surface area contributed by atoms with Crippen molar-refractivity contribution in [1.82, 2.24) is 0 Å². The maximum Gasteiger partial charge on any atom is 0.261 e. The Morgan fingerprint density at radius 3 is 2.14 bits per heavy atom. The van der Waals surface area contributed by atoms with E-state index in [1.165, 1.54) is 55.6 Å². The summed E-state index contributed by atoms with van der Waals surface area (Å²) in [5.74, 6) is -0.0838. The van der Waals surface area contributed by atoms with Crippen molar-refractivity contribution >= 4 is 66.2 Å². The summed E-state index contributed by atoms with van der Waals surface area (Å²) in [6, 6.07) is 16.1. The topological polar surface area (TPSA) is 122 Å². The Balaban J connectivity index is 1.72. The highest BCUT2D eigenvalue weighted by Gasteiger charge is 2.21. The molecule has 1 amide bonds. The van der Waals surface area contributed by atoms with Gasteiger partial charge in [0.25, 0.3) is 10.0 Å². The standard InChI is InChI=1S/C22H21Cl2N3O6S2/c1-33-17-10-8-16(9-11-17)27(34(2,29)30)14-21(28)25-15-6-12-18(13-7-15)35(31,32)26-20-5-3-4-19(23)22(20)24/h3-13,26H,14H2,1-2H3,(H,25,28). The van der Waals surface area contributed by atoms with Crippen LogP contribution in [0.4, 0.5) is 17.1 Å². The first-order valence-electron chi connectivity index (χ1n) is 9.89. The van der Waals surface area contributed by atoms with Crippen LogP contribution in [-0.2, 0) is 24.8 Å². The lowest BCUT2D eigenvalue weighted by Gasteiger charge is -2.22. The van der Waals surface area contributed by atoms with Crippen molar-refractivity contribution in [3.63, 3.8) is 0 Å². The van der Waals surface area contributed by atoms with E-state index in [0.29, 0.717) is 5.75 Å². The van der Waals surface area contributed by atoms with Gasteiger partial charge in [-0.15, -0.1) is 0 Å². The summed E-state index contributed by atoms with van der Waals surface area (Å²) in [5, 5.41) is 2.82. The van der Waals surface area contributed by atoms with E-state index in [1.54, 1.807) is 18.2 Å². The van der Waals surface area contributed by atoms with Gasteiger partial charge in [0.1, 0.15) is 12.3 Å². The van der Waals surface area contributed by atoms with Gasteiger partial charge in [0, 0.05) is 5.69 Å². The third-order valence-corrected chi connectivity index (χ3v) is 8.03. The normalized spacial score (nSPS) is 11.5. The molecule has 0 fully saturated rings. The van der Waals surface area contributed by atoms with E-state index >= 15 is 0 Å². The number of nitrogens with zero attached hydrogens (tertiary/aromatic N) is 1. The first-order chi connectivity index (χ1) is 16.4. The second kappa shape index (κ2) is 10.7. The van der Waals surface area contributed by atoms with Crippen LogP contribution in [0.1, 0.15) is 0 Å². The molecule has 0 aliphatic heterocycles. The molecule has 3 aromatic rings. The van der Waals surface area contributed by atoms with Crippen molar-refractivity contribution in [1.29, 1.82) is 0 Å². The van der Waals surface area contributed by atoms with Crippen LogP contribution in [0.5, 0.6) is 5.75 Å².